The molecule has 0 spiro atoms. The van der Waals surface area contributed by atoms with E-state index in [2.05, 4.69) is 19.8 Å². The van der Waals surface area contributed by atoms with Gasteiger partial charge < -0.3 is 19.5 Å². The minimum atomic E-state index is -0.874. The Hall–Kier alpha value is -3.22. The predicted molar refractivity (Wildman–Crippen MR) is 143 cm³/mol. The van der Waals surface area contributed by atoms with Gasteiger partial charge >= 0.3 is 6.09 Å². The van der Waals surface area contributed by atoms with E-state index in [1.54, 1.807) is 27.1 Å². The van der Waals surface area contributed by atoms with Gasteiger partial charge in [0.15, 0.2) is 0 Å². The molecule has 1 aliphatic heterocycles. The largest absolute Gasteiger partial charge is 0.488 e. The molecule has 5 rings (SSSR count). The van der Waals surface area contributed by atoms with Gasteiger partial charge in [0.2, 0.25) is 0 Å². The Morgan fingerprint density at radius 2 is 2.08 bits per heavy atom. The van der Waals surface area contributed by atoms with Gasteiger partial charge in [-0.1, -0.05) is 16.8 Å². The van der Waals surface area contributed by atoms with Crippen molar-refractivity contribution in [3.05, 3.63) is 46.3 Å². The highest BCUT2D eigenvalue weighted by molar-refractivity contribution is 7.03. The Morgan fingerprint density at radius 3 is 2.76 bits per heavy atom. The number of aliphatic hydroxyl groups is 1. The van der Waals surface area contributed by atoms with Gasteiger partial charge in [0.1, 0.15) is 35.3 Å². The van der Waals surface area contributed by atoms with Crippen molar-refractivity contribution in [2.24, 2.45) is 0 Å². The summed E-state index contributed by atoms with van der Waals surface area (Å²) in [5.41, 5.74) is 2.97. The summed E-state index contributed by atoms with van der Waals surface area (Å²) in [7, 11) is 0. The van der Waals surface area contributed by atoms with Crippen LogP contribution in [-0.2, 0) is 4.74 Å². The molecule has 0 aromatic carbocycles. The number of hydrogen-bond acceptors (Lipinski definition) is 9. The van der Waals surface area contributed by atoms with Gasteiger partial charge in [-0.05, 0) is 64.2 Å². The average Bonchev–Trinajstić information content (AvgIpc) is 3.62. The molecule has 1 aliphatic rings. The van der Waals surface area contributed by atoms with E-state index in [1.807, 2.05) is 44.6 Å². The molecule has 38 heavy (non-hydrogen) atoms. The number of fused-ring (bicyclic) bond motifs is 1. The molecule has 1 fully saturated rings. The summed E-state index contributed by atoms with van der Waals surface area (Å²) in [5, 5.41) is 26.0. The smallest absolute Gasteiger partial charge is 0.410 e. The van der Waals surface area contributed by atoms with Crippen LogP contribution < -0.4 is 4.74 Å². The number of piperidine rings is 1. The lowest BCUT2D eigenvalue weighted by Gasteiger charge is -2.33. The predicted octanol–water partition coefficient (Wildman–Crippen LogP) is 4.70. The second-order valence-electron chi connectivity index (χ2n) is 10.3. The molecule has 1 saturated heterocycles. The van der Waals surface area contributed by atoms with Gasteiger partial charge in [-0.3, -0.25) is 0 Å². The topological polar surface area (TPSA) is 120 Å². The van der Waals surface area contributed by atoms with Crippen LogP contribution in [0.25, 0.3) is 16.8 Å². The fraction of sp³-hybridized carbons (Fsp3) is 0.480. The third kappa shape index (κ3) is 5.47. The summed E-state index contributed by atoms with van der Waals surface area (Å²) in [6.07, 6.45) is 3.72. The van der Waals surface area contributed by atoms with Crippen molar-refractivity contribution in [1.82, 2.24) is 33.9 Å². The number of rotatable bonds is 6. The Labute approximate surface area is 229 Å². The average molecular weight is 560 g/mol. The van der Waals surface area contributed by atoms with E-state index >= 15 is 0 Å². The second-order valence-corrected chi connectivity index (χ2v) is 11.4. The zero-order valence-electron chi connectivity index (χ0n) is 21.7. The number of amides is 1. The van der Waals surface area contributed by atoms with Gasteiger partial charge in [-0.25, -0.2) is 14.0 Å². The molecular formula is C25H30ClN7O4S. The lowest BCUT2D eigenvalue weighted by atomic mass is 10.0. The molecule has 5 heterocycles. The van der Waals surface area contributed by atoms with Crippen LogP contribution in [0.1, 0.15) is 57.1 Å². The van der Waals surface area contributed by atoms with Crippen LogP contribution in [-0.4, -0.2) is 70.4 Å². The number of likely N-dealkylation sites (tertiary alicyclic amines) is 1. The van der Waals surface area contributed by atoms with Gasteiger partial charge in [0, 0.05) is 30.2 Å². The lowest BCUT2D eigenvalue weighted by Crippen LogP contribution is -2.42. The van der Waals surface area contributed by atoms with Crippen LogP contribution >= 0.6 is 23.1 Å². The molecule has 13 heteroatoms. The van der Waals surface area contributed by atoms with Gasteiger partial charge in [0.05, 0.1) is 28.6 Å². The quantitative estimate of drug-likeness (QED) is 0.361. The first kappa shape index (κ1) is 26.4. The SMILES string of the molecule is Cc1c(-c2cc(OCC(O)c3ccsn3)c3c(Cl)cnn3c2)nnn1C1CCN(C(=O)OC(C)(C)C)CC1. The molecule has 0 radical (unpaired) electrons. The van der Waals surface area contributed by atoms with E-state index in [0.29, 0.717) is 40.8 Å². The molecule has 4 aromatic heterocycles. The highest BCUT2D eigenvalue weighted by Crippen LogP contribution is 2.34. The standard InChI is InChI=1S/C25H30ClN7O4S/c1-15-22(28-30-33(15)17-5-8-31(9-6-17)24(35)37-25(2,3)4)16-11-21(23-18(26)12-27-32(23)13-16)36-14-20(34)19-7-10-38-29-19/h7,10-13,17,20,34H,5-6,8-9,14H2,1-4H3. The van der Waals surface area contributed by atoms with Crippen LogP contribution in [0.3, 0.4) is 0 Å². The van der Waals surface area contributed by atoms with Crippen LogP contribution in [0, 0.1) is 6.92 Å². The zero-order chi connectivity index (χ0) is 27.0. The number of nitrogens with zero attached hydrogens (tertiary/aromatic N) is 7. The van der Waals surface area contributed by atoms with Gasteiger partial charge in [-0.2, -0.15) is 9.47 Å². The van der Waals surface area contributed by atoms with E-state index in [1.165, 1.54) is 11.5 Å². The third-order valence-corrected chi connectivity index (χ3v) is 7.24. The van der Waals surface area contributed by atoms with E-state index < -0.39 is 11.7 Å². The van der Waals surface area contributed by atoms with Gasteiger partial charge in [0.25, 0.3) is 0 Å². The fourth-order valence-corrected chi connectivity index (χ4v) is 5.30. The highest BCUT2D eigenvalue weighted by Gasteiger charge is 2.29. The monoisotopic (exact) mass is 559 g/mol. The summed E-state index contributed by atoms with van der Waals surface area (Å²) >= 11 is 7.66. The maximum absolute atomic E-state index is 12.4. The minimum absolute atomic E-state index is 0.00620. The first-order valence-electron chi connectivity index (χ1n) is 12.4. The molecule has 4 aromatic rings. The molecule has 0 saturated carbocycles. The molecule has 1 N–H and O–H groups in total. The van der Waals surface area contributed by atoms with E-state index in [0.717, 1.165) is 24.1 Å². The molecule has 0 aliphatic carbocycles. The number of aromatic nitrogens is 6. The summed E-state index contributed by atoms with van der Waals surface area (Å²) in [6, 6.07) is 3.71. The molecule has 202 valence electrons. The fourth-order valence-electron chi connectivity index (χ4n) is 4.51. The maximum Gasteiger partial charge on any atom is 0.410 e. The van der Waals surface area contributed by atoms with Crippen LogP contribution in [0.4, 0.5) is 4.79 Å². The van der Waals surface area contributed by atoms with E-state index in [4.69, 9.17) is 21.1 Å². The number of pyridine rings is 1. The van der Waals surface area contributed by atoms with E-state index in [-0.39, 0.29) is 18.7 Å². The molecule has 11 nitrogen and oxygen atoms in total. The first-order chi connectivity index (χ1) is 18.1. The molecule has 1 atom stereocenters. The Bertz CT molecular complexity index is 1420. The minimum Gasteiger partial charge on any atom is -0.488 e. The molecule has 0 bridgehead atoms. The number of aliphatic hydroxyl groups excluding tert-OH is 1. The van der Waals surface area contributed by atoms with Crippen molar-refractivity contribution in [2.75, 3.05) is 19.7 Å². The number of carbonyl (C=O) groups excluding carboxylic acids is 1. The van der Waals surface area contributed by atoms with E-state index in [9.17, 15) is 9.90 Å². The molecule has 1 amide bonds. The third-order valence-electron chi connectivity index (χ3n) is 6.39. The number of hydrogen-bond donors (Lipinski definition) is 1. The van der Waals surface area contributed by atoms with Crippen molar-refractivity contribution in [3.63, 3.8) is 0 Å². The number of ether oxygens (including phenoxy) is 2. The van der Waals surface area contributed by atoms with Crippen LogP contribution in [0.15, 0.2) is 29.9 Å². The van der Waals surface area contributed by atoms with Crippen molar-refractivity contribution < 1.29 is 19.4 Å². The maximum atomic E-state index is 12.4. The molecule has 1 unspecified atom stereocenters. The number of carbonyl (C=O) groups is 1. The summed E-state index contributed by atoms with van der Waals surface area (Å²) in [4.78, 5) is 14.2. The zero-order valence-corrected chi connectivity index (χ0v) is 23.2. The summed E-state index contributed by atoms with van der Waals surface area (Å²) in [5.74, 6) is 0.471. The molecular weight excluding hydrogens is 530 g/mol. The Kier molecular flexibility index (Phi) is 7.30. The first-order valence-corrected chi connectivity index (χ1v) is 13.6. The van der Waals surface area contributed by atoms with Crippen LogP contribution in [0.2, 0.25) is 5.02 Å². The van der Waals surface area contributed by atoms with Crippen molar-refractivity contribution in [3.8, 4) is 17.0 Å². The Balaban J connectivity index is 1.35. The Morgan fingerprint density at radius 1 is 1.32 bits per heavy atom. The normalized spacial score (nSPS) is 15.7. The highest BCUT2D eigenvalue weighted by atomic mass is 35.5. The van der Waals surface area contributed by atoms with Crippen molar-refractivity contribution in [1.29, 1.82) is 0 Å². The lowest BCUT2D eigenvalue weighted by molar-refractivity contribution is 0.0184. The summed E-state index contributed by atoms with van der Waals surface area (Å²) < 4.78 is 19.2. The number of halogens is 1. The second kappa shape index (κ2) is 10.5. The van der Waals surface area contributed by atoms with Crippen molar-refractivity contribution in [2.45, 2.75) is 58.3 Å². The van der Waals surface area contributed by atoms with Crippen LogP contribution in [0.5, 0.6) is 5.75 Å². The van der Waals surface area contributed by atoms with Gasteiger partial charge in [-0.15, -0.1) is 5.10 Å². The summed E-state index contributed by atoms with van der Waals surface area (Å²) in [6.45, 7) is 8.76. The van der Waals surface area contributed by atoms with Crippen molar-refractivity contribution >= 4 is 34.7 Å².